The van der Waals surface area contributed by atoms with Crippen LogP contribution in [0.5, 0.6) is 0 Å². The molecule has 0 aliphatic carbocycles. The van der Waals surface area contributed by atoms with Crippen LogP contribution in [0.1, 0.15) is 16.8 Å². The summed E-state index contributed by atoms with van der Waals surface area (Å²) in [4.78, 5) is 35.8. The summed E-state index contributed by atoms with van der Waals surface area (Å²) in [5, 5.41) is 9.26. The number of primary amides is 1. The fourth-order valence-corrected chi connectivity index (χ4v) is 3.56. The zero-order valence-electron chi connectivity index (χ0n) is 10.1. The number of rotatable bonds is 3. The topological polar surface area (TPSA) is 101 Å². The molecule has 1 aromatic carbocycles. The molecule has 1 aliphatic rings. The van der Waals surface area contributed by atoms with E-state index in [0.29, 0.717) is 8.95 Å². The zero-order chi connectivity index (χ0) is 15.0. The highest BCUT2D eigenvalue weighted by atomic mass is 79.9. The molecule has 1 aliphatic heterocycles. The van der Waals surface area contributed by atoms with Crippen molar-refractivity contribution in [3.05, 3.63) is 26.6 Å². The molecule has 1 aromatic rings. The Morgan fingerprint density at radius 3 is 2.50 bits per heavy atom. The summed E-state index contributed by atoms with van der Waals surface area (Å²) in [6.45, 7) is 0.0919. The van der Waals surface area contributed by atoms with Crippen LogP contribution in [0.4, 0.5) is 5.69 Å². The summed E-state index contributed by atoms with van der Waals surface area (Å²) in [5.74, 6) is -2.64. The zero-order valence-corrected chi connectivity index (χ0v) is 13.3. The predicted octanol–water partition coefficient (Wildman–Crippen LogP) is 1.75. The van der Waals surface area contributed by atoms with Crippen LogP contribution in [-0.2, 0) is 9.59 Å². The lowest BCUT2D eigenvalue weighted by molar-refractivity contribution is -0.123. The molecule has 106 valence electrons. The third-order valence-electron chi connectivity index (χ3n) is 3.06. The minimum Gasteiger partial charge on any atom is -0.478 e. The molecule has 1 fully saturated rings. The molecule has 0 spiro atoms. The molecular weight excluding hydrogens is 396 g/mol. The Morgan fingerprint density at radius 1 is 1.35 bits per heavy atom. The maximum atomic E-state index is 12.0. The van der Waals surface area contributed by atoms with Crippen LogP contribution in [0.15, 0.2) is 21.1 Å². The van der Waals surface area contributed by atoms with Gasteiger partial charge >= 0.3 is 5.97 Å². The number of halogens is 2. The second kappa shape index (κ2) is 5.53. The first-order valence-corrected chi connectivity index (χ1v) is 7.22. The minimum atomic E-state index is -1.16. The van der Waals surface area contributed by atoms with E-state index in [1.807, 2.05) is 0 Å². The fraction of sp³-hybridized carbons (Fsp3) is 0.250. The monoisotopic (exact) mass is 404 g/mol. The van der Waals surface area contributed by atoms with Crippen LogP contribution >= 0.6 is 31.9 Å². The third kappa shape index (κ3) is 2.71. The molecule has 1 heterocycles. The van der Waals surface area contributed by atoms with Crippen molar-refractivity contribution in [2.24, 2.45) is 11.7 Å². The van der Waals surface area contributed by atoms with Gasteiger partial charge in [0.1, 0.15) is 0 Å². The Hall–Kier alpha value is -1.41. The molecule has 0 bridgehead atoms. The number of aromatic carboxylic acids is 1. The standard InChI is InChI=1S/C12H10Br2N2O4/c13-6-2-7(12(19)20)10(8(14)3-6)16-4-5(11(15)18)1-9(16)17/h2-3,5H,1,4H2,(H2,15,18)(H,19,20). The molecule has 6 nitrogen and oxygen atoms in total. The van der Waals surface area contributed by atoms with Gasteiger partial charge in [-0.05, 0) is 28.1 Å². The number of hydrogen-bond acceptors (Lipinski definition) is 3. The van der Waals surface area contributed by atoms with Gasteiger partial charge in [0, 0.05) is 21.9 Å². The average molecular weight is 406 g/mol. The lowest BCUT2D eigenvalue weighted by Gasteiger charge is -2.20. The van der Waals surface area contributed by atoms with Crippen LogP contribution < -0.4 is 10.6 Å². The van der Waals surface area contributed by atoms with Crippen molar-refractivity contribution < 1.29 is 19.5 Å². The first-order chi connectivity index (χ1) is 9.31. The van der Waals surface area contributed by atoms with E-state index in [0.717, 1.165) is 0 Å². The SMILES string of the molecule is NC(=O)C1CC(=O)N(c2c(Br)cc(Br)cc2C(=O)O)C1. The van der Waals surface area contributed by atoms with Crippen LogP contribution in [0.25, 0.3) is 0 Å². The van der Waals surface area contributed by atoms with Crippen molar-refractivity contribution in [1.82, 2.24) is 0 Å². The molecule has 2 rings (SSSR count). The van der Waals surface area contributed by atoms with Crippen molar-refractivity contribution in [1.29, 1.82) is 0 Å². The van der Waals surface area contributed by atoms with Crippen LogP contribution in [0.3, 0.4) is 0 Å². The maximum absolute atomic E-state index is 12.0. The van der Waals surface area contributed by atoms with E-state index in [-0.39, 0.29) is 30.1 Å². The van der Waals surface area contributed by atoms with E-state index in [1.54, 1.807) is 6.07 Å². The second-order valence-electron chi connectivity index (χ2n) is 4.40. The van der Waals surface area contributed by atoms with Gasteiger partial charge in [0.05, 0.1) is 17.2 Å². The van der Waals surface area contributed by atoms with Crippen molar-refractivity contribution in [2.45, 2.75) is 6.42 Å². The van der Waals surface area contributed by atoms with E-state index < -0.39 is 17.8 Å². The molecule has 3 N–H and O–H groups in total. The molecule has 0 aromatic heterocycles. The normalized spacial score (nSPS) is 18.4. The van der Waals surface area contributed by atoms with Gasteiger partial charge in [0.2, 0.25) is 11.8 Å². The van der Waals surface area contributed by atoms with Crippen LogP contribution in [0, 0.1) is 5.92 Å². The minimum absolute atomic E-state index is 0.00308. The Bertz CT molecular complexity index is 618. The molecule has 0 radical (unpaired) electrons. The van der Waals surface area contributed by atoms with Crippen molar-refractivity contribution in [3.8, 4) is 0 Å². The number of carbonyl (C=O) groups excluding carboxylic acids is 2. The summed E-state index contributed by atoms with van der Waals surface area (Å²) in [6, 6.07) is 3.06. The van der Waals surface area contributed by atoms with Gasteiger partial charge in [0.15, 0.2) is 0 Å². The summed E-state index contributed by atoms with van der Waals surface area (Å²) >= 11 is 6.46. The highest BCUT2D eigenvalue weighted by Gasteiger charge is 2.36. The van der Waals surface area contributed by atoms with E-state index in [4.69, 9.17) is 5.73 Å². The molecule has 20 heavy (non-hydrogen) atoms. The van der Waals surface area contributed by atoms with E-state index in [9.17, 15) is 19.5 Å². The maximum Gasteiger partial charge on any atom is 0.337 e. The molecule has 1 atom stereocenters. The number of amides is 2. The second-order valence-corrected chi connectivity index (χ2v) is 6.17. The van der Waals surface area contributed by atoms with Gasteiger partial charge in [-0.1, -0.05) is 15.9 Å². The number of nitrogens with zero attached hydrogens (tertiary/aromatic N) is 1. The molecule has 1 unspecified atom stereocenters. The van der Waals surface area contributed by atoms with E-state index in [1.165, 1.54) is 11.0 Å². The molecule has 8 heteroatoms. The predicted molar refractivity (Wildman–Crippen MR) is 78.5 cm³/mol. The van der Waals surface area contributed by atoms with Gasteiger partial charge in [0.25, 0.3) is 0 Å². The Kier molecular flexibility index (Phi) is 4.14. The first-order valence-electron chi connectivity index (χ1n) is 5.63. The highest BCUT2D eigenvalue weighted by Crippen LogP contribution is 2.37. The molecule has 0 saturated carbocycles. The Balaban J connectivity index is 2.50. The van der Waals surface area contributed by atoms with Crippen LogP contribution in [0.2, 0.25) is 0 Å². The lowest BCUT2D eigenvalue weighted by Crippen LogP contribution is -2.29. The van der Waals surface area contributed by atoms with Gasteiger partial charge in [-0.2, -0.15) is 0 Å². The lowest BCUT2D eigenvalue weighted by atomic mass is 10.1. The Labute approximate surface area is 131 Å². The Morgan fingerprint density at radius 2 is 2.00 bits per heavy atom. The van der Waals surface area contributed by atoms with Gasteiger partial charge in [-0.15, -0.1) is 0 Å². The van der Waals surface area contributed by atoms with Crippen LogP contribution in [-0.4, -0.2) is 29.4 Å². The van der Waals surface area contributed by atoms with Gasteiger partial charge in [-0.3, -0.25) is 9.59 Å². The molecule has 1 saturated heterocycles. The fourth-order valence-electron chi connectivity index (χ4n) is 2.12. The number of carboxylic acids is 1. The summed E-state index contributed by atoms with van der Waals surface area (Å²) in [6.07, 6.45) is -0.00308. The van der Waals surface area contributed by atoms with Crippen molar-refractivity contribution in [3.63, 3.8) is 0 Å². The quantitative estimate of drug-likeness (QED) is 0.799. The van der Waals surface area contributed by atoms with E-state index in [2.05, 4.69) is 31.9 Å². The number of carbonyl (C=O) groups is 3. The highest BCUT2D eigenvalue weighted by molar-refractivity contribution is 9.11. The summed E-state index contributed by atoms with van der Waals surface area (Å²) < 4.78 is 1.03. The number of benzene rings is 1. The molecule has 2 amide bonds. The third-order valence-corrected chi connectivity index (χ3v) is 4.12. The smallest absolute Gasteiger partial charge is 0.337 e. The summed E-state index contributed by atoms with van der Waals surface area (Å²) in [5.41, 5.74) is 5.43. The molecular formula is C12H10Br2N2O4. The number of carboxylic acid groups (broad SMARTS) is 1. The largest absolute Gasteiger partial charge is 0.478 e. The number of anilines is 1. The number of nitrogens with two attached hydrogens (primary N) is 1. The summed E-state index contributed by atoms with van der Waals surface area (Å²) in [7, 11) is 0. The van der Waals surface area contributed by atoms with Gasteiger partial charge in [-0.25, -0.2) is 4.79 Å². The van der Waals surface area contributed by atoms with Gasteiger partial charge < -0.3 is 15.7 Å². The average Bonchev–Trinajstić information content (AvgIpc) is 2.70. The van der Waals surface area contributed by atoms with Crippen molar-refractivity contribution in [2.75, 3.05) is 11.4 Å². The van der Waals surface area contributed by atoms with E-state index >= 15 is 0 Å². The first kappa shape index (κ1) is 15.0. The number of hydrogen-bond donors (Lipinski definition) is 2. The van der Waals surface area contributed by atoms with Crippen molar-refractivity contribution >= 4 is 55.3 Å².